The normalized spacial score (nSPS) is 16.9. The van der Waals surface area contributed by atoms with Crippen molar-refractivity contribution in [2.75, 3.05) is 23.7 Å². The molecule has 28 heavy (non-hydrogen) atoms. The van der Waals surface area contributed by atoms with Gasteiger partial charge in [-0.15, -0.1) is 0 Å². The van der Waals surface area contributed by atoms with E-state index in [-0.39, 0.29) is 17.8 Å². The van der Waals surface area contributed by atoms with Crippen molar-refractivity contribution < 1.29 is 18.0 Å². The number of halogens is 3. The van der Waals surface area contributed by atoms with E-state index >= 15 is 0 Å². The number of hydrogen-bond donors (Lipinski definition) is 1. The molecule has 2 aromatic heterocycles. The van der Waals surface area contributed by atoms with Crippen LogP contribution in [0, 0.1) is 12.8 Å². The van der Waals surface area contributed by atoms with Gasteiger partial charge in [-0.25, -0.2) is 9.97 Å². The Morgan fingerprint density at radius 2 is 2.04 bits per heavy atom. The summed E-state index contributed by atoms with van der Waals surface area (Å²) in [5, 5.41) is 0. The smallest absolute Gasteiger partial charge is 0.371 e. The van der Waals surface area contributed by atoms with Crippen LogP contribution in [-0.4, -0.2) is 38.8 Å². The minimum absolute atomic E-state index is 0.00586. The Kier molecular flexibility index (Phi) is 4.35. The van der Waals surface area contributed by atoms with Crippen LogP contribution in [0.1, 0.15) is 29.1 Å². The minimum atomic E-state index is -4.47. The lowest BCUT2D eigenvalue weighted by molar-refractivity contribution is -0.141. The van der Waals surface area contributed by atoms with Crippen LogP contribution in [-0.2, 0) is 24.1 Å². The summed E-state index contributed by atoms with van der Waals surface area (Å²) in [6.07, 6.45) is -2.96. The van der Waals surface area contributed by atoms with E-state index in [4.69, 9.17) is 5.73 Å². The van der Waals surface area contributed by atoms with Gasteiger partial charge < -0.3 is 15.5 Å². The van der Waals surface area contributed by atoms with Crippen molar-refractivity contribution in [1.29, 1.82) is 0 Å². The molecule has 0 bridgehead atoms. The fraction of sp³-hybridized carbons (Fsp3) is 0.444. The van der Waals surface area contributed by atoms with Crippen LogP contribution >= 0.6 is 0 Å². The van der Waals surface area contributed by atoms with E-state index in [0.717, 1.165) is 29.2 Å². The second-order valence-electron chi connectivity index (χ2n) is 7.21. The topological polar surface area (TPSA) is 88.2 Å². The molecule has 7 nitrogen and oxygen atoms in total. The van der Waals surface area contributed by atoms with Crippen molar-refractivity contribution in [2.45, 2.75) is 32.6 Å². The first kappa shape index (κ1) is 18.5. The molecule has 0 saturated carbocycles. The van der Waals surface area contributed by atoms with E-state index < -0.39 is 11.9 Å². The number of nitrogen functional groups attached to an aromatic ring is 1. The van der Waals surface area contributed by atoms with Gasteiger partial charge in [0.05, 0.1) is 12.2 Å². The predicted octanol–water partition coefficient (Wildman–Crippen LogP) is 2.15. The van der Waals surface area contributed by atoms with E-state index in [0.29, 0.717) is 38.3 Å². The fourth-order valence-electron chi connectivity index (χ4n) is 3.68. The summed E-state index contributed by atoms with van der Waals surface area (Å²) in [5.41, 5.74) is 7.74. The lowest BCUT2D eigenvalue weighted by Crippen LogP contribution is -2.48. The summed E-state index contributed by atoms with van der Waals surface area (Å²) < 4.78 is 38.4. The van der Waals surface area contributed by atoms with Gasteiger partial charge in [-0.2, -0.15) is 13.2 Å². The van der Waals surface area contributed by atoms with Crippen LogP contribution in [0.25, 0.3) is 0 Å². The Morgan fingerprint density at radius 3 is 2.75 bits per heavy atom. The standard InChI is InChI=1S/C18H19F3N6O/c1-10-13-8-27(9-14(13)25-17(22)24-10)16(28)4-11-6-26(7-11)12-2-3-23-15(5-12)18(19,20)21/h2-3,5,11H,4,6-9H2,1H3,(H2,22,24,25). The number of amides is 1. The maximum Gasteiger partial charge on any atom is 0.433 e. The number of fused-ring (bicyclic) bond motifs is 1. The molecule has 2 N–H and O–H groups in total. The highest BCUT2D eigenvalue weighted by atomic mass is 19.4. The summed E-state index contributed by atoms with van der Waals surface area (Å²) >= 11 is 0. The molecule has 1 saturated heterocycles. The molecule has 0 radical (unpaired) electrons. The maximum atomic E-state index is 12.8. The number of rotatable bonds is 3. The first-order chi connectivity index (χ1) is 13.2. The van der Waals surface area contributed by atoms with Crippen LogP contribution in [0.5, 0.6) is 0 Å². The van der Waals surface area contributed by atoms with Gasteiger partial charge in [0.15, 0.2) is 0 Å². The first-order valence-electron chi connectivity index (χ1n) is 8.88. The SMILES string of the molecule is Cc1nc(N)nc2c1CN(C(=O)CC1CN(c3ccnc(C(F)(F)F)c3)C1)C2. The van der Waals surface area contributed by atoms with Crippen molar-refractivity contribution in [2.24, 2.45) is 5.92 Å². The van der Waals surface area contributed by atoms with Crippen LogP contribution in [0.3, 0.4) is 0 Å². The lowest BCUT2D eigenvalue weighted by atomic mass is 9.95. The number of anilines is 2. The van der Waals surface area contributed by atoms with E-state index in [1.54, 1.807) is 11.0 Å². The molecule has 4 rings (SSSR count). The first-order valence-corrected chi connectivity index (χ1v) is 8.88. The molecule has 0 unspecified atom stereocenters. The van der Waals surface area contributed by atoms with Gasteiger partial charge in [0, 0.05) is 55.1 Å². The Labute approximate surface area is 159 Å². The second-order valence-corrected chi connectivity index (χ2v) is 7.21. The third-order valence-corrected chi connectivity index (χ3v) is 5.18. The van der Waals surface area contributed by atoms with E-state index in [1.165, 1.54) is 0 Å². The molecule has 1 fully saturated rings. The largest absolute Gasteiger partial charge is 0.433 e. The van der Waals surface area contributed by atoms with E-state index in [2.05, 4.69) is 15.0 Å². The zero-order chi connectivity index (χ0) is 20.1. The summed E-state index contributed by atoms with van der Waals surface area (Å²) in [7, 11) is 0. The van der Waals surface area contributed by atoms with Crippen LogP contribution in [0.4, 0.5) is 24.8 Å². The summed E-state index contributed by atoms with van der Waals surface area (Å²) in [6.45, 7) is 3.81. The maximum absolute atomic E-state index is 12.8. The van der Waals surface area contributed by atoms with Gasteiger partial charge in [0.2, 0.25) is 11.9 Å². The molecule has 0 atom stereocenters. The van der Waals surface area contributed by atoms with Crippen molar-refractivity contribution in [1.82, 2.24) is 19.9 Å². The number of pyridine rings is 1. The molecule has 0 spiro atoms. The molecule has 4 heterocycles. The number of nitrogens with zero attached hydrogens (tertiary/aromatic N) is 5. The second kappa shape index (κ2) is 6.61. The Bertz CT molecular complexity index is 926. The van der Waals surface area contributed by atoms with Gasteiger partial charge >= 0.3 is 6.18 Å². The highest BCUT2D eigenvalue weighted by Crippen LogP contribution is 2.33. The highest BCUT2D eigenvalue weighted by Gasteiger charge is 2.36. The molecule has 148 valence electrons. The molecule has 2 aliphatic heterocycles. The fourth-order valence-corrected chi connectivity index (χ4v) is 3.68. The summed E-state index contributed by atoms with van der Waals surface area (Å²) in [4.78, 5) is 27.9. The van der Waals surface area contributed by atoms with Gasteiger partial charge in [0.1, 0.15) is 5.69 Å². The minimum Gasteiger partial charge on any atom is -0.371 e. The Morgan fingerprint density at radius 1 is 1.29 bits per heavy atom. The molecule has 10 heteroatoms. The Balaban J connectivity index is 1.33. The molecule has 0 aliphatic carbocycles. The number of carbonyl (C=O) groups excluding carboxylic acids is 1. The van der Waals surface area contributed by atoms with Crippen molar-refractivity contribution in [3.8, 4) is 0 Å². The predicted molar refractivity (Wildman–Crippen MR) is 95.0 cm³/mol. The van der Waals surface area contributed by atoms with Crippen molar-refractivity contribution >= 4 is 17.5 Å². The average molecular weight is 392 g/mol. The quantitative estimate of drug-likeness (QED) is 0.861. The molecule has 0 aromatic carbocycles. The van der Waals surface area contributed by atoms with E-state index in [1.807, 2.05) is 11.8 Å². The monoisotopic (exact) mass is 392 g/mol. The van der Waals surface area contributed by atoms with Crippen LogP contribution in [0.15, 0.2) is 18.3 Å². The third-order valence-electron chi connectivity index (χ3n) is 5.18. The number of aromatic nitrogens is 3. The molecular formula is C18H19F3N6O. The number of hydrogen-bond acceptors (Lipinski definition) is 6. The zero-order valence-corrected chi connectivity index (χ0v) is 15.2. The number of carbonyl (C=O) groups is 1. The van der Waals surface area contributed by atoms with Crippen LogP contribution < -0.4 is 10.6 Å². The molecular weight excluding hydrogens is 373 g/mol. The zero-order valence-electron chi connectivity index (χ0n) is 15.2. The van der Waals surface area contributed by atoms with Crippen LogP contribution in [0.2, 0.25) is 0 Å². The molecule has 2 aromatic rings. The Hall–Kier alpha value is -2.91. The van der Waals surface area contributed by atoms with Gasteiger partial charge in [0.25, 0.3) is 0 Å². The number of aryl methyl sites for hydroxylation is 1. The van der Waals surface area contributed by atoms with Crippen molar-refractivity contribution in [3.63, 3.8) is 0 Å². The number of alkyl halides is 3. The number of nitrogens with two attached hydrogens (primary N) is 1. The molecule has 1 amide bonds. The van der Waals surface area contributed by atoms with Crippen molar-refractivity contribution in [3.05, 3.63) is 41.0 Å². The lowest BCUT2D eigenvalue weighted by Gasteiger charge is -2.41. The summed E-state index contributed by atoms with van der Waals surface area (Å²) in [5.74, 6) is 0.318. The van der Waals surface area contributed by atoms with Gasteiger partial charge in [-0.1, -0.05) is 0 Å². The van der Waals surface area contributed by atoms with Gasteiger partial charge in [-0.05, 0) is 19.1 Å². The molecule has 2 aliphatic rings. The average Bonchev–Trinajstić information content (AvgIpc) is 3.01. The van der Waals surface area contributed by atoms with E-state index in [9.17, 15) is 18.0 Å². The highest BCUT2D eigenvalue weighted by molar-refractivity contribution is 5.77. The third kappa shape index (κ3) is 3.46. The van der Waals surface area contributed by atoms with Gasteiger partial charge in [-0.3, -0.25) is 9.78 Å². The summed E-state index contributed by atoms with van der Waals surface area (Å²) in [6, 6.07) is 2.59.